The first-order chi connectivity index (χ1) is 15.1. The largest absolute Gasteiger partial charge is 0.383 e. The van der Waals surface area contributed by atoms with E-state index >= 15 is 0 Å². The van der Waals surface area contributed by atoms with Gasteiger partial charge in [0, 0.05) is 11.9 Å². The van der Waals surface area contributed by atoms with Crippen LogP contribution in [0.3, 0.4) is 0 Å². The van der Waals surface area contributed by atoms with E-state index in [1.165, 1.54) is 11.1 Å². The second-order valence-electron chi connectivity index (χ2n) is 7.15. The smallest absolute Gasteiger partial charge is 0.165 e. The minimum atomic E-state index is 0.455. The molecule has 3 aromatic heterocycles. The Balaban J connectivity index is 0.00000132. The van der Waals surface area contributed by atoms with Crippen molar-refractivity contribution in [3.63, 3.8) is 0 Å². The molecule has 1 aromatic carbocycles. The monoisotopic (exact) mass is 413 g/mol. The van der Waals surface area contributed by atoms with Gasteiger partial charge in [-0.2, -0.15) is 0 Å². The number of anilines is 1. The molecule has 0 amide bonds. The second kappa shape index (κ2) is 10.0. The number of nitrogens with two attached hydrogens (primary N) is 1. The molecule has 0 saturated heterocycles. The van der Waals surface area contributed by atoms with Crippen LogP contribution < -0.4 is 5.73 Å². The molecule has 5 nitrogen and oxygen atoms in total. The van der Waals surface area contributed by atoms with Crippen molar-refractivity contribution < 1.29 is 0 Å². The summed E-state index contributed by atoms with van der Waals surface area (Å²) in [4.78, 5) is 14.1. The molecule has 0 unspecified atom stereocenters. The Labute approximate surface area is 184 Å². The lowest BCUT2D eigenvalue weighted by molar-refractivity contribution is 0.963. The summed E-state index contributed by atoms with van der Waals surface area (Å²) in [6.45, 7) is 10.3. The molecule has 0 spiro atoms. The Kier molecular flexibility index (Phi) is 7.19. The van der Waals surface area contributed by atoms with Crippen LogP contribution in [0.2, 0.25) is 0 Å². The molecule has 0 bridgehead atoms. The molecule has 2 N–H and O–H groups in total. The number of nitrogens with zero attached hydrogens (tertiary/aromatic N) is 4. The van der Waals surface area contributed by atoms with Gasteiger partial charge in [-0.05, 0) is 62.2 Å². The average Bonchev–Trinajstić information content (AvgIpc) is 3.18. The van der Waals surface area contributed by atoms with Crippen LogP contribution in [0.1, 0.15) is 51.8 Å². The molecule has 5 heteroatoms. The van der Waals surface area contributed by atoms with Gasteiger partial charge in [-0.15, -0.1) is 0 Å². The number of benzene rings is 1. The third-order valence-electron chi connectivity index (χ3n) is 5.07. The molecule has 0 aliphatic carbocycles. The average molecular weight is 414 g/mol. The van der Waals surface area contributed by atoms with Crippen molar-refractivity contribution in [3.8, 4) is 17.1 Å². The number of hydrogen-bond donors (Lipinski definition) is 1. The van der Waals surface area contributed by atoms with Crippen LogP contribution in [0.15, 0.2) is 60.8 Å². The topological polar surface area (TPSA) is 69.6 Å². The van der Waals surface area contributed by atoms with Gasteiger partial charge in [0.2, 0.25) is 0 Å². The van der Waals surface area contributed by atoms with Gasteiger partial charge in [0.15, 0.2) is 11.5 Å². The number of allylic oxidation sites excluding steroid dienone is 2. The Bertz CT molecular complexity index is 1190. The first-order valence-electron chi connectivity index (χ1n) is 10.9. The standard InChI is InChI=1S/C24H25N5.C2H6/c1-4-7-17(5-2)20-13-14-21-24(27-20)29(18-11-9-16(3)10-12-18)23(28-21)19-8-6-15-26-22(19)25;1-2/h5-6,8-15H,4,7H2,1-3H3,(H2,25,26);1-2H3/b17-5+;. The van der Waals surface area contributed by atoms with E-state index in [4.69, 9.17) is 15.7 Å². The first-order valence-corrected chi connectivity index (χ1v) is 10.9. The van der Waals surface area contributed by atoms with Crippen molar-refractivity contribution in [2.45, 2.75) is 47.5 Å². The van der Waals surface area contributed by atoms with Crippen molar-refractivity contribution in [2.75, 3.05) is 5.73 Å². The summed E-state index contributed by atoms with van der Waals surface area (Å²) in [5.41, 5.74) is 13.1. The predicted octanol–water partition coefficient (Wildman–Crippen LogP) is 6.60. The number of aromatic nitrogens is 4. The highest BCUT2D eigenvalue weighted by molar-refractivity contribution is 5.84. The molecule has 0 saturated carbocycles. The third kappa shape index (κ3) is 4.50. The summed E-state index contributed by atoms with van der Waals surface area (Å²) in [6, 6.07) is 16.3. The second-order valence-corrected chi connectivity index (χ2v) is 7.15. The summed E-state index contributed by atoms with van der Waals surface area (Å²) in [7, 11) is 0. The van der Waals surface area contributed by atoms with Crippen LogP contribution in [0.5, 0.6) is 0 Å². The molecular formula is C26H31N5. The van der Waals surface area contributed by atoms with E-state index < -0.39 is 0 Å². The van der Waals surface area contributed by atoms with E-state index in [2.05, 4.69) is 66.7 Å². The molecule has 0 aliphatic rings. The molecule has 4 aromatic rings. The Morgan fingerprint density at radius 2 is 1.77 bits per heavy atom. The Morgan fingerprint density at radius 1 is 1.03 bits per heavy atom. The number of rotatable bonds is 5. The fourth-order valence-electron chi connectivity index (χ4n) is 3.55. The zero-order valence-electron chi connectivity index (χ0n) is 19.1. The predicted molar refractivity (Wildman–Crippen MR) is 131 cm³/mol. The van der Waals surface area contributed by atoms with Crippen LogP contribution in [-0.2, 0) is 0 Å². The number of hydrogen-bond acceptors (Lipinski definition) is 4. The number of pyridine rings is 2. The quantitative estimate of drug-likeness (QED) is 0.400. The molecule has 0 fully saturated rings. The van der Waals surface area contributed by atoms with E-state index in [1.807, 2.05) is 32.0 Å². The molecule has 31 heavy (non-hydrogen) atoms. The summed E-state index contributed by atoms with van der Waals surface area (Å²) >= 11 is 0. The number of imidazole rings is 1. The normalized spacial score (nSPS) is 11.3. The minimum Gasteiger partial charge on any atom is -0.383 e. The maximum atomic E-state index is 6.19. The van der Waals surface area contributed by atoms with Gasteiger partial charge in [-0.3, -0.25) is 4.57 Å². The summed E-state index contributed by atoms with van der Waals surface area (Å²) in [5.74, 6) is 1.20. The first kappa shape index (κ1) is 22.2. The molecular weight excluding hydrogens is 382 g/mol. The van der Waals surface area contributed by atoms with E-state index in [9.17, 15) is 0 Å². The van der Waals surface area contributed by atoms with Crippen LogP contribution in [0.4, 0.5) is 5.82 Å². The summed E-state index contributed by atoms with van der Waals surface area (Å²) < 4.78 is 2.07. The SMILES string of the molecule is C/C=C(\CCC)c1ccc2nc(-c3cccnc3N)n(-c3ccc(C)cc3)c2n1.CC. The van der Waals surface area contributed by atoms with E-state index in [-0.39, 0.29) is 0 Å². The zero-order valence-corrected chi connectivity index (χ0v) is 19.1. The fourth-order valence-corrected chi connectivity index (χ4v) is 3.55. The van der Waals surface area contributed by atoms with Crippen LogP contribution in [-0.4, -0.2) is 19.5 Å². The van der Waals surface area contributed by atoms with Crippen molar-refractivity contribution in [1.82, 2.24) is 19.5 Å². The third-order valence-corrected chi connectivity index (χ3v) is 5.07. The van der Waals surface area contributed by atoms with Crippen LogP contribution >= 0.6 is 0 Å². The number of aryl methyl sites for hydroxylation is 1. The highest BCUT2D eigenvalue weighted by Crippen LogP contribution is 2.31. The van der Waals surface area contributed by atoms with Gasteiger partial charge < -0.3 is 5.73 Å². The number of nitrogen functional groups attached to an aromatic ring is 1. The van der Waals surface area contributed by atoms with Crippen molar-refractivity contribution in [1.29, 1.82) is 0 Å². The lowest BCUT2D eigenvalue weighted by Gasteiger charge is -2.11. The minimum absolute atomic E-state index is 0.455. The molecule has 0 atom stereocenters. The van der Waals surface area contributed by atoms with Gasteiger partial charge in [-0.1, -0.05) is 51.0 Å². The Hall–Kier alpha value is -3.47. The maximum absolute atomic E-state index is 6.19. The molecule has 160 valence electrons. The van der Waals surface area contributed by atoms with E-state index in [0.29, 0.717) is 5.82 Å². The van der Waals surface area contributed by atoms with Gasteiger partial charge in [0.1, 0.15) is 11.3 Å². The van der Waals surface area contributed by atoms with E-state index in [0.717, 1.165) is 46.8 Å². The van der Waals surface area contributed by atoms with Gasteiger partial charge in [0.25, 0.3) is 0 Å². The van der Waals surface area contributed by atoms with Crippen LogP contribution in [0, 0.1) is 6.92 Å². The van der Waals surface area contributed by atoms with Gasteiger partial charge in [-0.25, -0.2) is 15.0 Å². The van der Waals surface area contributed by atoms with Crippen LogP contribution in [0.25, 0.3) is 33.8 Å². The van der Waals surface area contributed by atoms with Crippen molar-refractivity contribution in [3.05, 3.63) is 72.1 Å². The Morgan fingerprint density at radius 3 is 2.42 bits per heavy atom. The maximum Gasteiger partial charge on any atom is 0.165 e. The molecule has 0 aliphatic heterocycles. The molecule has 3 heterocycles. The fraction of sp³-hybridized carbons (Fsp3) is 0.269. The van der Waals surface area contributed by atoms with Gasteiger partial charge >= 0.3 is 0 Å². The highest BCUT2D eigenvalue weighted by atomic mass is 15.1. The lowest BCUT2D eigenvalue weighted by atomic mass is 10.1. The van der Waals surface area contributed by atoms with Crippen molar-refractivity contribution >= 4 is 22.6 Å². The van der Waals surface area contributed by atoms with Crippen molar-refractivity contribution in [2.24, 2.45) is 0 Å². The molecule has 4 rings (SSSR count). The van der Waals surface area contributed by atoms with Gasteiger partial charge in [0.05, 0.1) is 11.3 Å². The molecule has 0 radical (unpaired) electrons. The highest BCUT2D eigenvalue weighted by Gasteiger charge is 2.18. The lowest BCUT2D eigenvalue weighted by Crippen LogP contribution is -2.02. The summed E-state index contributed by atoms with van der Waals surface area (Å²) in [6.07, 6.45) is 5.91. The van der Waals surface area contributed by atoms with E-state index in [1.54, 1.807) is 6.20 Å². The summed E-state index contributed by atoms with van der Waals surface area (Å²) in [5, 5.41) is 0. The zero-order chi connectivity index (χ0) is 22.4. The number of fused-ring (bicyclic) bond motifs is 1.